The number of aryl methyl sites for hydroxylation is 1. The summed E-state index contributed by atoms with van der Waals surface area (Å²) in [4.78, 5) is 19.0. The maximum atomic E-state index is 12.5. The highest BCUT2D eigenvalue weighted by molar-refractivity contribution is 5.96. The van der Waals surface area contributed by atoms with E-state index in [2.05, 4.69) is 20.4 Å². The van der Waals surface area contributed by atoms with E-state index in [9.17, 15) is 4.79 Å². The average molecular weight is 358 g/mol. The van der Waals surface area contributed by atoms with Gasteiger partial charge >= 0.3 is 0 Å². The fourth-order valence-electron chi connectivity index (χ4n) is 3.11. The van der Waals surface area contributed by atoms with Crippen molar-refractivity contribution in [3.05, 3.63) is 41.5 Å². The number of benzene rings is 1. The van der Waals surface area contributed by atoms with Crippen LogP contribution in [0.2, 0.25) is 0 Å². The first kappa shape index (κ1) is 18.4. The number of nitrogens with one attached hydrogen (secondary N) is 1. The van der Waals surface area contributed by atoms with Gasteiger partial charge in [-0.1, -0.05) is 23.7 Å². The summed E-state index contributed by atoms with van der Waals surface area (Å²) < 4.78 is 10.6. The Morgan fingerprint density at radius 3 is 2.85 bits per heavy atom. The third-order valence-electron chi connectivity index (χ3n) is 4.44. The molecule has 3 rings (SSSR count). The zero-order valence-corrected chi connectivity index (χ0v) is 15.2. The number of hydrogen-bond donors (Lipinski definition) is 1. The molecule has 1 N–H and O–H groups in total. The lowest BCUT2D eigenvalue weighted by atomic mass is 10.1. The largest absolute Gasteiger partial charge is 0.485 e. The summed E-state index contributed by atoms with van der Waals surface area (Å²) in [6.45, 7) is 5.95. The number of aromatic nitrogens is 2. The number of rotatable bonds is 8. The van der Waals surface area contributed by atoms with Crippen molar-refractivity contribution in [2.24, 2.45) is 0 Å². The fraction of sp³-hybridized carbons (Fsp3) is 0.526. The second-order valence-corrected chi connectivity index (χ2v) is 6.53. The van der Waals surface area contributed by atoms with Gasteiger partial charge in [-0.05, 0) is 51.0 Å². The molecular formula is C19H26N4O3. The first-order chi connectivity index (χ1) is 12.7. The van der Waals surface area contributed by atoms with E-state index in [1.807, 2.05) is 12.1 Å². The SMILES string of the molecule is Cc1nc(COc2ccccc2C(=O)NCCCN2CCCCC2)no1. The van der Waals surface area contributed by atoms with Gasteiger partial charge in [-0.15, -0.1) is 0 Å². The Morgan fingerprint density at radius 1 is 1.27 bits per heavy atom. The predicted molar refractivity (Wildman–Crippen MR) is 97.1 cm³/mol. The number of carbonyl (C=O) groups excluding carboxylic acids is 1. The van der Waals surface area contributed by atoms with Crippen LogP contribution in [-0.2, 0) is 6.61 Å². The van der Waals surface area contributed by atoms with Crippen molar-refractivity contribution in [3.8, 4) is 5.75 Å². The summed E-state index contributed by atoms with van der Waals surface area (Å²) >= 11 is 0. The summed E-state index contributed by atoms with van der Waals surface area (Å²) in [5.74, 6) is 1.34. The molecule has 7 nitrogen and oxygen atoms in total. The molecule has 2 aromatic rings. The van der Waals surface area contributed by atoms with E-state index in [1.54, 1.807) is 19.1 Å². The summed E-state index contributed by atoms with van der Waals surface area (Å²) in [6.07, 6.45) is 4.87. The van der Waals surface area contributed by atoms with E-state index >= 15 is 0 Å². The monoisotopic (exact) mass is 358 g/mol. The van der Waals surface area contributed by atoms with Crippen molar-refractivity contribution in [2.75, 3.05) is 26.2 Å². The summed E-state index contributed by atoms with van der Waals surface area (Å²) in [5.41, 5.74) is 0.519. The van der Waals surface area contributed by atoms with Crippen LogP contribution >= 0.6 is 0 Å². The lowest BCUT2D eigenvalue weighted by molar-refractivity contribution is 0.0946. The summed E-state index contributed by atoms with van der Waals surface area (Å²) in [6, 6.07) is 7.20. The predicted octanol–water partition coefficient (Wildman–Crippen LogP) is 2.56. The van der Waals surface area contributed by atoms with Crippen LogP contribution in [0, 0.1) is 6.92 Å². The molecule has 1 saturated heterocycles. The number of para-hydroxylation sites is 1. The van der Waals surface area contributed by atoms with Crippen molar-refractivity contribution in [2.45, 2.75) is 39.2 Å². The maximum Gasteiger partial charge on any atom is 0.255 e. The Bertz CT molecular complexity index is 710. The molecule has 26 heavy (non-hydrogen) atoms. The van der Waals surface area contributed by atoms with E-state index in [4.69, 9.17) is 9.26 Å². The number of piperidine rings is 1. The van der Waals surface area contributed by atoms with Crippen LogP contribution in [0.4, 0.5) is 0 Å². The second kappa shape index (κ2) is 9.33. The molecule has 0 radical (unpaired) electrons. The second-order valence-electron chi connectivity index (χ2n) is 6.53. The Balaban J connectivity index is 1.47. The molecule has 0 aliphatic carbocycles. The first-order valence-corrected chi connectivity index (χ1v) is 9.24. The molecule has 0 spiro atoms. The van der Waals surface area contributed by atoms with Gasteiger partial charge in [0.25, 0.3) is 5.91 Å². The lowest BCUT2D eigenvalue weighted by Crippen LogP contribution is -2.33. The molecular weight excluding hydrogens is 332 g/mol. The number of nitrogens with zero attached hydrogens (tertiary/aromatic N) is 3. The fourth-order valence-corrected chi connectivity index (χ4v) is 3.11. The van der Waals surface area contributed by atoms with Gasteiger partial charge in [0.05, 0.1) is 5.56 Å². The van der Waals surface area contributed by atoms with E-state index < -0.39 is 0 Å². The molecule has 7 heteroatoms. The number of likely N-dealkylation sites (tertiary alicyclic amines) is 1. The Kier molecular flexibility index (Phi) is 6.60. The van der Waals surface area contributed by atoms with Crippen LogP contribution in [0.5, 0.6) is 5.75 Å². The minimum atomic E-state index is -0.122. The number of carbonyl (C=O) groups is 1. The van der Waals surface area contributed by atoms with Crippen molar-refractivity contribution in [1.29, 1.82) is 0 Å². The van der Waals surface area contributed by atoms with Crippen LogP contribution in [0.15, 0.2) is 28.8 Å². The third-order valence-corrected chi connectivity index (χ3v) is 4.44. The van der Waals surface area contributed by atoms with Crippen LogP contribution in [0.1, 0.15) is 47.8 Å². The number of ether oxygens (including phenoxy) is 1. The summed E-state index contributed by atoms with van der Waals surface area (Å²) in [5, 5.41) is 6.78. The zero-order valence-electron chi connectivity index (χ0n) is 15.2. The van der Waals surface area contributed by atoms with Gasteiger partial charge in [0, 0.05) is 13.5 Å². The zero-order chi connectivity index (χ0) is 18.2. The molecule has 2 heterocycles. The Morgan fingerprint density at radius 2 is 2.08 bits per heavy atom. The lowest BCUT2D eigenvalue weighted by Gasteiger charge is -2.26. The van der Waals surface area contributed by atoms with Crippen LogP contribution in [0.25, 0.3) is 0 Å². The van der Waals surface area contributed by atoms with Crippen LogP contribution < -0.4 is 10.1 Å². The number of amides is 1. The molecule has 1 aromatic heterocycles. The van der Waals surface area contributed by atoms with E-state index in [1.165, 1.54) is 32.4 Å². The van der Waals surface area contributed by atoms with E-state index in [0.29, 0.717) is 29.6 Å². The molecule has 1 fully saturated rings. The van der Waals surface area contributed by atoms with Gasteiger partial charge in [0.15, 0.2) is 6.61 Å². The van der Waals surface area contributed by atoms with Crippen molar-refractivity contribution >= 4 is 5.91 Å². The standard InChI is InChI=1S/C19H26N4O3/c1-15-21-18(22-26-15)14-25-17-9-4-3-8-16(17)19(24)20-10-7-13-23-11-5-2-6-12-23/h3-4,8-9H,2,5-7,10-14H2,1H3,(H,20,24). The van der Waals surface area contributed by atoms with Gasteiger partial charge in [-0.3, -0.25) is 4.79 Å². The van der Waals surface area contributed by atoms with Gasteiger partial charge < -0.3 is 19.5 Å². The molecule has 1 aromatic carbocycles. The molecule has 140 valence electrons. The topological polar surface area (TPSA) is 80.5 Å². The van der Waals surface area contributed by atoms with E-state index in [0.717, 1.165) is 13.0 Å². The van der Waals surface area contributed by atoms with Gasteiger partial charge in [-0.25, -0.2) is 0 Å². The Labute approximate surface area is 153 Å². The average Bonchev–Trinajstić information content (AvgIpc) is 3.10. The van der Waals surface area contributed by atoms with Gasteiger partial charge in [0.1, 0.15) is 5.75 Å². The van der Waals surface area contributed by atoms with Crippen molar-refractivity contribution < 1.29 is 14.1 Å². The highest BCUT2D eigenvalue weighted by Gasteiger charge is 2.14. The third kappa shape index (κ3) is 5.29. The molecule has 0 bridgehead atoms. The first-order valence-electron chi connectivity index (χ1n) is 9.24. The van der Waals surface area contributed by atoms with Gasteiger partial charge in [0.2, 0.25) is 11.7 Å². The maximum absolute atomic E-state index is 12.5. The molecule has 1 aliphatic heterocycles. The quantitative estimate of drug-likeness (QED) is 0.731. The van der Waals surface area contributed by atoms with E-state index in [-0.39, 0.29) is 12.5 Å². The molecule has 0 saturated carbocycles. The highest BCUT2D eigenvalue weighted by atomic mass is 16.5. The smallest absolute Gasteiger partial charge is 0.255 e. The summed E-state index contributed by atoms with van der Waals surface area (Å²) in [7, 11) is 0. The molecule has 0 atom stereocenters. The van der Waals surface area contributed by atoms with Crippen LogP contribution in [0.3, 0.4) is 0 Å². The normalized spacial score (nSPS) is 15.0. The van der Waals surface area contributed by atoms with Crippen molar-refractivity contribution in [1.82, 2.24) is 20.4 Å². The highest BCUT2D eigenvalue weighted by Crippen LogP contribution is 2.19. The van der Waals surface area contributed by atoms with Crippen LogP contribution in [-0.4, -0.2) is 47.1 Å². The minimum absolute atomic E-state index is 0.122. The molecule has 1 amide bonds. The molecule has 1 aliphatic rings. The minimum Gasteiger partial charge on any atom is -0.485 e. The number of hydrogen-bond acceptors (Lipinski definition) is 6. The van der Waals surface area contributed by atoms with Crippen molar-refractivity contribution in [3.63, 3.8) is 0 Å². The molecule has 0 unspecified atom stereocenters. The Hall–Kier alpha value is -2.41. The van der Waals surface area contributed by atoms with Gasteiger partial charge in [-0.2, -0.15) is 4.98 Å².